The topological polar surface area (TPSA) is 20.2 Å². The Morgan fingerprint density at radius 1 is 1.33 bits per heavy atom. The third kappa shape index (κ3) is 1.39. The van der Waals surface area contributed by atoms with Gasteiger partial charge in [0.25, 0.3) is 0 Å². The van der Waals surface area contributed by atoms with E-state index in [9.17, 15) is 5.11 Å². The van der Waals surface area contributed by atoms with Crippen LogP contribution in [0.5, 0.6) is 0 Å². The highest BCUT2D eigenvalue weighted by Gasteiger charge is 2.46. The summed E-state index contributed by atoms with van der Waals surface area (Å²) in [4.78, 5) is 0. The van der Waals surface area contributed by atoms with Gasteiger partial charge in [0.15, 0.2) is 0 Å². The predicted molar refractivity (Wildman–Crippen MR) is 50.1 cm³/mol. The Labute approximate surface area is 82.4 Å². The van der Waals surface area contributed by atoms with Gasteiger partial charge in [-0.05, 0) is 37.0 Å². The molecule has 0 spiro atoms. The lowest BCUT2D eigenvalue weighted by Crippen LogP contribution is -2.16. The number of rotatable bonds is 1. The number of fused-ring (bicyclic) bond motifs is 2. The molecular weight excluding hydrogens is 195 g/mol. The molecule has 2 fully saturated rings. The average molecular weight is 207 g/mol. The lowest BCUT2D eigenvalue weighted by molar-refractivity contribution is 0.110. The molecule has 12 heavy (non-hydrogen) atoms. The summed E-state index contributed by atoms with van der Waals surface area (Å²) in [5.41, 5.74) is 0. The van der Waals surface area contributed by atoms with Gasteiger partial charge in [-0.2, -0.15) is 0 Å². The van der Waals surface area contributed by atoms with Gasteiger partial charge in [0.1, 0.15) is 4.49 Å². The van der Waals surface area contributed by atoms with Gasteiger partial charge in [-0.3, -0.25) is 0 Å². The second-order valence-corrected chi connectivity index (χ2v) is 4.85. The van der Waals surface area contributed by atoms with Crippen molar-refractivity contribution in [3.8, 4) is 0 Å². The van der Waals surface area contributed by atoms with Crippen LogP contribution in [0.3, 0.4) is 0 Å². The second-order valence-electron chi connectivity index (χ2n) is 3.84. The van der Waals surface area contributed by atoms with Gasteiger partial charge in [-0.25, -0.2) is 0 Å². The summed E-state index contributed by atoms with van der Waals surface area (Å²) < 4.78 is 0.353. The molecule has 0 amide bonds. The first-order chi connectivity index (χ1) is 5.68. The summed E-state index contributed by atoms with van der Waals surface area (Å²) in [6.45, 7) is 0. The molecular formula is C9H12Cl2O. The van der Waals surface area contributed by atoms with Crippen LogP contribution in [0.25, 0.3) is 0 Å². The van der Waals surface area contributed by atoms with E-state index in [1.54, 1.807) is 0 Å². The van der Waals surface area contributed by atoms with Crippen LogP contribution in [0, 0.1) is 17.8 Å². The summed E-state index contributed by atoms with van der Waals surface area (Å²) in [6.07, 6.45) is 5.09. The molecule has 0 aromatic heterocycles. The van der Waals surface area contributed by atoms with E-state index in [4.69, 9.17) is 23.2 Å². The van der Waals surface area contributed by atoms with Crippen molar-refractivity contribution >= 4 is 23.2 Å². The second kappa shape index (κ2) is 3.21. The Bertz CT molecular complexity index is 211. The molecule has 68 valence electrons. The zero-order chi connectivity index (χ0) is 8.72. The summed E-state index contributed by atoms with van der Waals surface area (Å²) in [6, 6.07) is 0. The van der Waals surface area contributed by atoms with Gasteiger partial charge in [-0.1, -0.05) is 29.3 Å². The first kappa shape index (κ1) is 8.86. The van der Waals surface area contributed by atoms with Crippen molar-refractivity contribution in [3.05, 3.63) is 10.6 Å². The van der Waals surface area contributed by atoms with E-state index in [1.165, 1.54) is 6.42 Å². The van der Waals surface area contributed by atoms with Crippen LogP contribution < -0.4 is 0 Å². The summed E-state index contributed by atoms with van der Waals surface area (Å²) in [5, 5.41) is 9.59. The Morgan fingerprint density at radius 3 is 2.50 bits per heavy atom. The Morgan fingerprint density at radius 2 is 2.08 bits per heavy atom. The Balaban J connectivity index is 2.14. The van der Waals surface area contributed by atoms with E-state index in [0.717, 1.165) is 12.8 Å². The number of aliphatic hydroxyl groups is 1. The highest BCUT2D eigenvalue weighted by molar-refractivity contribution is 6.55. The van der Waals surface area contributed by atoms with E-state index in [2.05, 4.69) is 0 Å². The number of hydrogen-bond acceptors (Lipinski definition) is 1. The maximum absolute atomic E-state index is 9.59. The molecule has 0 radical (unpaired) electrons. The SMILES string of the molecule is O[C@H]1C[C@@H]2CC[C@H]1[C@H]2C=C(Cl)Cl. The highest BCUT2D eigenvalue weighted by Crippen LogP contribution is 2.50. The minimum absolute atomic E-state index is 0.113. The minimum Gasteiger partial charge on any atom is -0.393 e. The highest BCUT2D eigenvalue weighted by atomic mass is 35.5. The first-order valence-electron chi connectivity index (χ1n) is 4.39. The summed E-state index contributed by atoms with van der Waals surface area (Å²) in [5.74, 6) is 1.48. The number of allylic oxidation sites excluding steroid dienone is 1. The van der Waals surface area contributed by atoms with Crippen LogP contribution in [0.15, 0.2) is 10.6 Å². The van der Waals surface area contributed by atoms with Gasteiger partial charge < -0.3 is 5.11 Å². The monoisotopic (exact) mass is 206 g/mol. The van der Waals surface area contributed by atoms with E-state index in [1.807, 2.05) is 6.08 Å². The van der Waals surface area contributed by atoms with Gasteiger partial charge >= 0.3 is 0 Å². The van der Waals surface area contributed by atoms with Crippen molar-refractivity contribution < 1.29 is 5.11 Å². The summed E-state index contributed by atoms with van der Waals surface area (Å²) >= 11 is 11.2. The zero-order valence-corrected chi connectivity index (χ0v) is 8.22. The molecule has 2 aliphatic rings. The van der Waals surface area contributed by atoms with Crippen molar-refractivity contribution in [2.45, 2.75) is 25.4 Å². The van der Waals surface area contributed by atoms with E-state index in [-0.39, 0.29) is 6.10 Å². The molecule has 0 aromatic carbocycles. The quantitative estimate of drug-likeness (QED) is 0.700. The Hall–Kier alpha value is 0.280. The van der Waals surface area contributed by atoms with Crippen LogP contribution in [-0.2, 0) is 0 Å². The molecule has 0 aliphatic heterocycles. The van der Waals surface area contributed by atoms with E-state index < -0.39 is 0 Å². The molecule has 0 aromatic rings. The lowest BCUT2D eigenvalue weighted by atomic mass is 9.97. The number of halogens is 2. The van der Waals surface area contributed by atoms with Crippen molar-refractivity contribution in [2.75, 3.05) is 0 Å². The fourth-order valence-electron chi connectivity index (χ4n) is 2.76. The molecule has 1 N–H and O–H groups in total. The third-order valence-corrected chi connectivity index (χ3v) is 3.52. The van der Waals surface area contributed by atoms with Crippen LogP contribution in [0.1, 0.15) is 19.3 Å². The minimum atomic E-state index is -0.113. The van der Waals surface area contributed by atoms with Crippen molar-refractivity contribution in [2.24, 2.45) is 17.8 Å². The molecule has 0 heterocycles. The summed E-state index contributed by atoms with van der Waals surface area (Å²) in [7, 11) is 0. The van der Waals surface area contributed by atoms with E-state index >= 15 is 0 Å². The third-order valence-electron chi connectivity index (χ3n) is 3.27. The molecule has 3 heteroatoms. The fourth-order valence-corrected chi connectivity index (χ4v) is 3.05. The maximum Gasteiger partial charge on any atom is 0.103 e. The normalized spacial score (nSPS) is 44.9. The van der Waals surface area contributed by atoms with Crippen molar-refractivity contribution in [1.82, 2.24) is 0 Å². The molecule has 4 atom stereocenters. The van der Waals surface area contributed by atoms with Crippen molar-refractivity contribution in [1.29, 1.82) is 0 Å². The van der Waals surface area contributed by atoms with Gasteiger partial charge in [0, 0.05) is 0 Å². The first-order valence-corrected chi connectivity index (χ1v) is 5.15. The molecule has 2 saturated carbocycles. The lowest BCUT2D eigenvalue weighted by Gasteiger charge is -2.15. The van der Waals surface area contributed by atoms with Crippen LogP contribution >= 0.6 is 23.2 Å². The number of aliphatic hydroxyl groups excluding tert-OH is 1. The van der Waals surface area contributed by atoms with Gasteiger partial charge in [0.05, 0.1) is 6.10 Å². The maximum atomic E-state index is 9.59. The molecule has 0 unspecified atom stereocenters. The standard InChI is InChI=1S/C9H12Cl2O/c10-9(11)4-7-5-1-2-6(7)8(12)3-5/h4-8,12H,1-3H2/t5-,6-,7-,8-/m0/s1. The predicted octanol–water partition coefficient (Wildman–Crippen LogP) is 2.71. The average Bonchev–Trinajstić information content (AvgIpc) is 2.44. The number of hydrogen-bond donors (Lipinski definition) is 1. The van der Waals surface area contributed by atoms with Crippen LogP contribution in [0.4, 0.5) is 0 Å². The largest absolute Gasteiger partial charge is 0.393 e. The molecule has 2 bridgehead atoms. The van der Waals surface area contributed by atoms with Crippen LogP contribution in [0.2, 0.25) is 0 Å². The zero-order valence-electron chi connectivity index (χ0n) is 6.71. The van der Waals surface area contributed by atoms with Gasteiger partial charge in [-0.15, -0.1) is 0 Å². The van der Waals surface area contributed by atoms with E-state index in [0.29, 0.717) is 22.2 Å². The van der Waals surface area contributed by atoms with Crippen molar-refractivity contribution in [3.63, 3.8) is 0 Å². The molecule has 2 rings (SSSR count). The smallest absolute Gasteiger partial charge is 0.103 e. The molecule has 0 saturated heterocycles. The van der Waals surface area contributed by atoms with Crippen LogP contribution in [-0.4, -0.2) is 11.2 Å². The fraction of sp³-hybridized carbons (Fsp3) is 0.778. The Kier molecular flexibility index (Phi) is 2.37. The molecule has 1 nitrogen and oxygen atoms in total. The van der Waals surface area contributed by atoms with Gasteiger partial charge in [0.2, 0.25) is 0 Å². The molecule has 2 aliphatic carbocycles.